The van der Waals surface area contributed by atoms with Crippen molar-refractivity contribution in [2.24, 2.45) is 0 Å². The van der Waals surface area contributed by atoms with Gasteiger partial charge in [0.1, 0.15) is 0 Å². The van der Waals surface area contributed by atoms with Crippen LogP contribution in [0.25, 0.3) is 0 Å². The van der Waals surface area contributed by atoms with Gasteiger partial charge in [0, 0.05) is 21.9 Å². The highest BCUT2D eigenvalue weighted by Gasteiger charge is 2.30. The summed E-state index contributed by atoms with van der Waals surface area (Å²) in [4.78, 5) is 12.8. The summed E-state index contributed by atoms with van der Waals surface area (Å²) in [6, 6.07) is 10.2. The maximum atomic E-state index is 13.4. The van der Waals surface area contributed by atoms with E-state index in [1.165, 1.54) is 6.07 Å². The smallest absolute Gasteiger partial charge is 0.255 e. The first kappa shape index (κ1) is 18.5. The van der Waals surface area contributed by atoms with Crippen LogP contribution in [0.4, 0.5) is 14.5 Å². The highest BCUT2D eigenvalue weighted by atomic mass is 79.9. The molecule has 0 radical (unpaired) electrons. The predicted molar refractivity (Wildman–Crippen MR) is 103 cm³/mol. The van der Waals surface area contributed by atoms with Crippen molar-refractivity contribution in [1.82, 2.24) is 10.6 Å². The van der Waals surface area contributed by atoms with Gasteiger partial charge in [-0.15, -0.1) is 0 Å². The number of hydrogen-bond donors (Lipinski definition) is 3. The average molecular weight is 438 g/mol. The van der Waals surface area contributed by atoms with Crippen LogP contribution < -0.4 is 16.0 Å². The molecule has 1 amide bonds. The highest BCUT2D eigenvalue weighted by molar-refractivity contribution is 9.10. The van der Waals surface area contributed by atoms with Gasteiger partial charge in [-0.05, 0) is 49.0 Å². The van der Waals surface area contributed by atoms with E-state index in [0.29, 0.717) is 16.4 Å². The molecule has 1 aliphatic rings. The van der Waals surface area contributed by atoms with Gasteiger partial charge in [-0.25, -0.2) is 8.78 Å². The number of allylic oxidation sites excluding steroid dienone is 1. The number of thiocarbonyl (C=S) groups is 1. The number of carbonyl (C=O) groups excluding carboxylic acids is 1. The number of hydrogen-bond acceptors (Lipinski definition) is 2. The number of anilines is 1. The number of carbonyl (C=O) groups is 1. The SMILES string of the molecule is CC1=C(C(=O)Nc2ccc(F)c(F)c2)C(c2cccc(Br)c2)NC(=S)N1. The summed E-state index contributed by atoms with van der Waals surface area (Å²) in [6.45, 7) is 1.73. The van der Waals surface area contributed by atoms with Crippen LogP contribution in [0.5, 0.6) is 0 Å². The molecule has 0 aromatic heterocycles. The van der Waals surface area contributed by atoms with Gasteiger partial charge in [-0.3, -0.25) is 4.79 Å². The van der Waals surface area contributed by atoms with E-state index in [-0.39, 0.29) is 5.69 Å². The lowest BCUT2D eigenvalue weighted by Gasteiger charge is -2.30. The molecular formula is C18H14BrF2N3OS. The quantitative estimate of drug-likeness (QED) is 0.631. The predicted octanol–water partition coefficient (Wildman–Crippen LogP) is 4.16. The summed E-state index contributed by atoms with van der Waals surface area (Å²) in [5, 5.41) is 9.00. The Morgan fingerprint density at radius 3 is 2.65 bits per heavy atom. The van der Waals surface area contributed by atoms with Crippen molar-refractivity contribution in [3.63, 3.8) is 0 Å². The third-order valence-corrected chi connectivity index (χ3v) is 4.59. The Kier molecular flexibility index (Phi) is 5.33. The van der Waals surface area contributed by atoms with Gasteiger partial charge in [0.25, 0.3) is 5.91 Å². The number of benzene rings is 2. The Balaban J connectivity index is 1.95. The second-order valence-corrected chi connectivity index (χ2v) is 7.03. The van der Waals surface area contributed by atoms with Gasteiger partial charge in [0.2, 0.25) is 0 Å². The van der Waals surface area contributed by atoms with E-state index in [2.05, 4.69) is 31.9 Å². The van der Waals surface area contributed by atoms with Crippen molar-refractivity contribution in [3.8, 4) is 0 Å². The molecule has 0 saturated heterocycles. The standard InChI is InChI=1S/C18H14BrF2N3OS/c1-9-15(17(25)23-12-5-6-13(20)14(21)8-12)16(24-18(26)22-9)10-3-2-4-11(19)7-10/h2-8,16H,1H3,(H,23,25)(H2,22,24,26). The first-order valence-corrected chi connectivity index (χ1v) is 8.85. The zero-order chi connectivity index (χ0) is 18.8. The van der Waals surface area contributed by atoms with Crippen LogP contribution in [-0.4, -0.2) is 11.0 Å². The third-order valence-electron chi connectivity index (χ3n) is 3.87. The van der Waals surface area contributed by atoms with Crippen LogP contribution in [0.15, 0.2) is 58.2 Å². The molecule has 1 heterocycles. The molecule has 26 heavy (non-hydrogen) atoms. The van der Waals surface area contributed by atoms with Gasteiger partial charge >= 0.3 is 0 Å². The summed E-state index contributed by atoms with van der Waals surface area (Å²) in [5.41, 5.74) is 1.98. The first-order valence-electron chi connectivity index (χ1n) is 7.65. The summed E-state index contributed by atoms with van der Waals surface area (Å²) >= 11 is 8.62. The van der Waals surface area contributed by atoms with E-state index in [0.717, 1.165) is 22.2 Å². The van der Waals surface area contributed by atoms with E-state index in [1.54, 1.807) is 6.92 Å². The molecule has 134 valence electrons. The molecule has 0 aliphatic carbocycles. The van der Waals surface area contributed by atoms with E-state index in [1.807, 2.05) is 24.3 Å². The third kappa shape index (κ3) is 3.91. The Morgan fingerprint density at radius 2 is 1.96 bits per heavy atom. The molecule has 8 heteroatoms. The molecule has 1 unspecified atom stereocenters. The molecule has 2 aromatic carbocycles. The lowest BCUT2D eigenvalue weighted by Crippen LogP contribution is -2.45. The molecular weight excluding hydrogens is 424 g/mol. The van der Waals surface area contributed by atoms with E-state index in [4.69, 9.17) is 12.2 Å². The Bertz CT molecular complexity index is 932. The molecule has 1 aliphatic heterocycles. The zero-order valence-electron chi connectivity index (χ0n) is 13.6. The lowest BCUT2D eigenvalue weighted by atomic mass is 9.95. The monoisotopic (exact) mass is 437 g/mol. The normalized spacial score (nSPS) is 16.8. The van der Waals surface area contributed by atoms with Crippen molar-refractivity contribution in [1.29, 1.82) is 0 Å². The number of rotatable bonds is 3. The fraction of sp³-hybridized carbons (Fsp3) is 0.111. The van der Waals surface area contributed by atoms with Gasteiger partial charge in [0.15, 0.2) is 16.7 Å². The van der Waals surface area contributed by atoms with Crippen LogP contribution in [0, 0.1) is 11.6 Å². The van der Waals surface area contributed by atoms with E-state index < -0.39 is 23.6 Å². The van der Waals surface area contributed by atoms with Crippen molar-refractivity contribution in [2.75, 3.05) is 5.32 Å². The van der Waals surface area contributed by atoms with Crippen LogP contribution in [0.1, 0.15) is 18.5 Å². The van der Waals surface area contributed by atoms with Crippen molar-refractivity contribution in [2.45, 2.75) is 13.0 Å². The number of nitrogens with one attached hydrogen (secondary N) is 3. The van der Waals surface area contributed by atoms with Crippen molar-refractivity contribution < 1.29 is 13.6 Å². The first-order chi connectivity index (χ1) is 12.3. The minimum atomic E-state index is -1.03. The van der Waals surface area contributed by atoms with Gasteiger partial charge < -0.3 is 16.0 Å². The molecule has 2 aromatic rings. The molecule has 0 saturated carbocycles. The fourth-order valence-corrected chi connectivity index (χ4v) is 3.39. The number of halogens is 3. The van der Waals surface area contributed by atoms with E-state index >= 15 is 0 Å². The van der Waals surface area contributed by atoms with Crippen LogP contribution >= 0.6 is 28.1 Å². The van der Waals surface area contributed by atoms with Crippen molar-refractivity contribution >= 4 is 44.9 Å². The second-order valence-electron chi connectivity index (χ2n) is 5.71. The minimum absolute atomic E-state index is 0.162. The number of amides is 1. The summed E-state index contributed by atoms with van der Waals surface area (Å²) in [6.07, 6.45) is 0. The topological polar surface area (TPSA) is 53.2 Å². The molecule has 3 N–H and O–H groups in total. The maximum absolute atomic E-state index is 13.4. The highest BCUT2D eigenvalue weighted by Crippen LogP contribution is 2.29. The van der Waals surface area contributed by atoms with Crippen molar-refractivity contribution in [3.05, 3.63) is 75.4 Å². The molecule has 0 spiro atoms. The van der Waals surface area contributed by atoms with Gasteiger partial charge in [0.05, 0.1) is 11.6 Å². The van der Waals surface area contributed by atoms with Crippen LogP contribution in [-0.2, 0) is 4.79 Å². The second kappa shape index (κ2) is 7.51. The maximum Gasteiger partial charge on any atom is 0.255 e. The molecule has 0 fully saturated rings. The Hall–Kier alpha value is -2.32. The minimum Gasteiger partial charge on any atom is -0.351 e. The molecule has 4 nitrogen and oxygen atoms in total. The van der Waals surface area contributed by atoms with Crippen LogP contribution in [0.3, 0.4) is 0 Å². The largest absolute Gasteiger partial charge is 0.351 e. The summed E-state index contributed by atoms with van der Waals surface area (Å²) < 4.78 is 27.3. The molecule has 3 rings (SSSR count). The summed E-state index contributed by atoms with van der Waals surface area (Å²) in [5.74, 6) is -2.45. The average Bonchev–Trinajstić information content (AvgIpc) is 2.57. The Morgan fingerprint density at radius 1 is 1.19 bits per heavy atom. The van der Waals surface area contributed by atoms with Crippen LogP contribution in [0.2, 0.25) is 0 Å². The molecule has 1 atom stereocenters. The summed E-state index contributed by atoms with van der Waals surface area (Å²) in [7, 11) is 0. The Labute approximate surface area is 162 Å². The lowest BCUT2D eigenvalue weighted by molar-refractivity contribution is -0.113. The van der Waals surface area contributed by atoms with Gasteiger partial charge in [-0.2, -0.15) is 0 Å². The van der Waals surface area contributed by atoms with E-state index in [9.17, 15) is 13.6 Å². The van der Waals surface area contributed by atoms with Gasteiger partial charge in [-0.1, -0.05) is 28.1 Å². The molecule has 0 bridgehead atoms. The zero-order valence-corrected chi connectivity index (χ0v) is 16.0. The fourth-order valence-electron chi connectivity index (χ4n) is 2.70.